The molecule has 1 saturated heterocycles. The number of rotatable bonds is 2. The maximum atomic E-state index is 11.2. The highest BCUT2D eigenvalue weighted by Crippen LogP contribution is 2.32. The summed E-state index contributed by atoms with van der Waals surface area (Å²) in [5.41, 5.74) is 2.33. The first-order valence-corrected chi connectivity index (χ1v) is 7.09. The van der Waals surface area contributed by atoms with Crippen molar-refractivity contribution < 1.29 is 4.79 Å². The smallest absolute Gasteiger partial charge is 0.234 e. The summed E-state index contributed by atoms with van der Waals surface area (Å²) in [5, 5.41) is 6.42. The van der Waals surface area contributed by atoms with Crippen LogP contribution in [-0.4, -0.2) is 24.2 Å². The summed E-state index contributed by atoms with van der Waals surface area (Å²) >= 11 is 1.64. The highest BCUT2D eigenvalue weighted by molar-refractivity contribution is 8.00. The summed E-state index contributed by atoms with van der Waals surface area (Å²) < 4.78 is 0. The summed E-state index contributed by atoms with van der Waals surface area (Å²) in [7, 11) is 0. The van der Waals surface area contributed by atoms with E-state index < -0.39 is 0 Å². The molecule has 2 heterocycles. The maximum Gasteiger partial charge on any atom is 0.234 e. The second-order valence-corrected chi connectivity index (χ2v) is 5.68. The van der Waals surface area contributed by atoms with E-state index in [1.54, 1.807) is 11.8 Å². The summed E-state index contributed by atoms with van der Waals surface area (Å²) in [4.78, 5) is 12.5. The van der Waals surface area contributed by atoms with Crippen LogP contribution in [0.2, 0.25) is 0 Å². The van der Waals surface area contributed by atoms with Crippen molar-refractivity contribution in [2.24, 2.45) is 0 Å². The maximum absolute atomic E-state index is 11.2. The van der Waals surface area contributed by atoms with Gasteiger partial charge in [-0.25, -0.2) is 0 Å². The lowest BCUT2D eigenvalue weighted by atomic mass is 10.0. The van der Waals surface area contributed by atoms with E-state index in [-0.39, 0.29) is 5.91 Å². The van der Waals surface area contributed by atoms with Crippen LogP contribution in [0, 0.1) is 0 Å². The average molecular weight is 248 g/mol. The van der Waals surface area contributed by atoms with E-state index in [4.69, 9.17) is 0 Å². The van der Waals surface area contributed by atoms with Crippen molar-refractivity contribution in [2.75, 3.05) is 17.6 Å². The largest absolute Gasteiger partial charge is 0.324 e. The summed E-state index contributed by atoms with van der Waals surface area (Å²) in [6.45, 7) is 1.15. The second-order valence-electron chi connectivity index (χ2n) is 4.66. The third kappa shape index (κ3) is 2.48. The topological polar surface area (TPSA) is 41.1 Å². The predicted molar refractivity (Wildman–Crippen MR) is 70.5 cm³/mol. The third-order valence-corrected chi connectivity index (χ3v) is 4.38. The van der Waals surface area contributed by atoms with E-state index in [1.165, 1.54) is 23.3 Å². The molecular formula is C13H16N2OS. The van der Waals surface area contributed by atoms with Gasteiger partial charge in [-0.15, -0.1) is 11.8 Å². The molecule has 0 spiro atoms. The van der Waals surface area contributed by atoms with E-state index in [9.17, 15) is 4.79 Å². The van der Waals surface area contributed by atoms with Crippen LogP contribution in [0.25, 0.3) is 0 Å². The number of hydrogen-bond acceptors (Lipinski definition) is 3. The molecule has 0 aromatic heterocycles. The average Bonchev–Trinajstić information content (AvgIpc) is 2.82. The first kappa shape index (κ1) is 11.1. The van der Waals surface area contributed by atoms with Gasteiger partial charge in [0.1, 0.15) is 0 Å². The minimum absolute atomic E-state index is 0.104. The Balaban J connectivity index is 1.76. The summed E-state index contributed by atoms with van der Waals surface area (Å²) in [6.07, 6.45) is 3.67. The molecule has 1 unspecified atom stereocenters. The first-order chi connectivity index (χ1) is 8.31. The predicted octanol–water partition coefficient (Wildman–Crippen LogP) is 2.03. The number of carbonyl (C=O) groups is 1. The fourth-order valence-electron chi connectivity index (χ4n) is 2.46. The molecule has 0 aliphatic carbocycles. The third-order valence-electron chi connectivity index (χ3n) is 3.32. The Bertz CT molecular complexity index is 441. The van der Waals surface area contributed by atoms with Crippen LogP contribution < -0.4 is 10.6 Å². The van der Waals surface area contributed by atoms with Gasteiger partial charge in [0.05, 0.1) is 11.4 Å². The molecule has 1 amide bonds. The van der Waals surface area contributed by atoms with Crippen molar-refractivity contribution in [2.45, 2.75) is 30.2 Å². The number of hydrogen-bond donors (Lipinski definition) is 2. The van der Waals surface area contributed by atoms with E-state index >= 15 is 0 Å². The molecule has 4 heteroatoms. The van der Waals surface area contributed by atoms with Gasteiger partial charge in [-0.3, -0.25) is 4.79 Å². The normalized spacial score (nSPS) is 23.3. The molecule has 90 valence electrons. The standard InChI is InChI=1S/C13H16N2OS/c16-13-8-17-12-7-9(3-4-11(12)15-13)6-10-2-1-5-14-10/h3-4,7,10,14H,1-2,5-6,8H2,(H,15,16). The number of fused-ring (bicyclic) bond motifs is 1. The lowest BCUT2D eigenvalue weighted by Crippen LogP contribution is -2.24. The van der Waals surface area contributed by atoms with Crippen molar-refractivity contribution in [1.82, 2.24) is 5.32 Å². The van der Waals surface area contributed by atoms with Gasteiger partial charge in [0.15, 0.2) is 0 Å². The molecule has 3 rings (SSSR count). The van der Waals surface area contributed by atoms with Crippen LogP contribution in [0.1, 0.15) is 18.4 Å². The molecule has 17 heavy (non-hydrogen) atoms. The molecule has 3 nitrogen and oxygen atoms in total. The number of thioether (sulfide) groups is 1. The van der Waals surface area contributed by atoms with Gasteiger partial charge in [-0.05, 0) is 43.5 Å². The highest BCUT2D eigenvalue weighted by atomic mass is 32.2. The minimum atomic E-state index is 0.104. The molecule has 1 fully saturated rings. The molecule has 2 N–H and O–H groups in total. The molecule has 2 aliphatic heterocycles. The van der Waals surface area contributed by atoms with Crippen molar-refractivity contribution in [3.05, 3.63) is 23.8 Å². The van der Waals surface area contributed by atoms with Crippen LogP contribution >= 0.6 is 11.8 Å². The lowest BCUT2D eigenvalue weighted by molar-refractivity contribution is -0.113. The Morgan fingerprint density at radius 1 is 1.41 bits per heavy atom. The number of benzene rings is 1. The van der Waals surface area contributed by atoms with Crippen LogP contribution in [0.4, 0.5) is 5.69 Å². The van der Waals surface area contributed by atoms with Gasteiger partial charge < -0.3 is 10.6 Å². The van der Waals surface area contributed by atoms with Gasteiger partial charge >= 0.3 is 0 Å². The summed E-state index contributed by atoms with van der Waals surface area (Å²) in [5.74, 6) is 0.644. The molecule has 0 saturated carbocycles. The Kier molecular flexibility index (Phi) is 3.07. The molecule has 0 bridgehead atoms. The SMILES string of the molecule is O=C1CSc2cc(CC3CCCN3)ccc2N1. The lowest BCUT2D eigenvalue weighted by Gasteiger charge is -2.18. The Labute approximate surface area is 105 Å². The fraction of sp³-hybridized carbons (Fsp3) is 0.462. The van der Waals surface area contributed by atoms with Crippen molar-refractivity contribution in [3.8, 4) is 0 Å². The molecule has 0 radical (unpaired) electrons. The van der Waals surface area contributed by atoms with Crippen molar-refractivity contribution in [1.29, 1.82) is 0 Å². The zero-order chi connectivity index (χ0) is 11.7. The second kappa shape index (κ2) is 4.70. The van der Waals surface area contributed by atoms with Crippen LogP contribution in [0.15, 0.2) is 23.1 Å². The quantitative estimate of drug-likeness (QED) is 0.841. The van der Waals surface area contributed by atoms with Crippen LogP contribution in [-0.2, 0) is 11.2 Å². The monoisotopic (exact) mass is 248 g/mol. The molecule has 1 aromatic carbocycles. The van der Waals surface area contributed by atoms with Gasteiger partial charge in [0.2, 0.25) is 5.91 Å². The fourth-order valence-corrected chi connectivity index (χ4v) is 3.33. The number of carbonyl (C=O) groups excluding carboxylic acids is 1. The van der Waals surface area contributed by atoms with E-state index in [1.807, 2.05) is 6.07 Å². The van der Waals surface area contributed by atoms with Gasteiger partial charge in [-0.2, -0.15) is 0 Å². The molecule has 1 atom stereocenters. The van der Waals surface area contributed by atoms with Gasteiger partial charge in [-0.1, -0.05) is 6.07 Å². The van der Waals surface area contributed by atoms with E-state index in [0.717, 1.165) is 18.7 Å². The number of nitrogens with one attached hydrogen (secondary N) is 2. The van der Waals surface area contributed by atoms with Crippen LogP contribution in [0.5, 0.6) is 0 Å². The number of anilines is 1. The molecule has 1 aromatic rings. The molecular weight excluding hydrogens is 232 g/mol. The van der Waals surface area contributed by atoms with Gasteiger partial charge in [0, 0.05) is 10.9 Å². The highest BCUT2D eigenvalue weighted by Gasteiger charge is 2.18. The Morgan fingerprint density at radius 2 is 2.35 bits per heavy atom. The zero-order valence-electron chi connectivity index (χ0n) is 9.66. The Morgan fingerprint density at radius 3 is 3.18 bits per heavy atom. The number of amides is 1. The molecule has 2 aliphatic rings. The van der Waals surface area contributed by atoms with E-state index in [2.05, 4.69) is 22.8 Å². The Hall–Kier alpha value is -1.00. The minimum Gasteiger partial charge on any atom is -0.324 e. The first-order valence-electron chi connectivity index (χ1n) is 6.10. The van der Waals surface area contributed by atoms with Crippen LogP contribution in [0.3, 0.4) is 0 Å². The summed E-state index contributed by atoms with van der Waals surface area (Å²) in [6, 6.07) is 7.02. The van der Waals surface area contributed by atoms with E-state index in [0.29, 0.717) is 11.8 Å². The zero-order valence-corrected chi connectivity index (χ0v) is 10.5. The van der Waals surface area contributed by atoms with Gasteiger partial charge in [0.25, 0.3) is 0 Å². The van der Waals surface area contributed by atoms with Crippen molar-refractivity contribution in [3.63, 3.8) is 0 Å². The van der Waals surface area contributed by atoms with Crippen molar-refractivity contribution >= 4 is 23.4 Å².